The van der Waals surface area contributed by atoms with E-state index in [0.717, 1.165) is 17.8 Å². The number of benzene rings is 1. The van der Waals surface area contributed by atoms with Crippen LogP contribution in [0.3, 0.4) is 0 Å². The van der Waals surface area contributed by atoms with Crippen molar-refractivity contribution in [3.63, 3.8) is 0 Å². The average Bonchev–Trinajstić information content (AvgIpc) is 2.36. The molecule has 1 aromatic carbocycles. The van der Waals surface area contributed by atoms with E-state index in [1.54, 1.807) is 13.0 Å². The number of ether oxygens (including phenoxy) is 1. The van der Waals surface area contributed by atoms with Crippen LogP contribution in [0.4, 0.5) is 5.69 Å². The van der Waals surface area contributed by atoms with Gasteiger partial charge in [-0.1, -0.05) is 18.2 Å². The lowest BCUT2D eigenvalue weighted by Crippen LogP contribution is -2.16. The number of carbonyl (C=O) groups excluding carboxylic acids is 1. The maximum atomic E-state index is 11.2. The van der Waals surface area contributed by atoms with E-state index in [2.05, 4.69) is 11.8 Å². The van der Waals surface area contributed by atoms with Crippen molar-refractivity contribution in [1.29, 1.82) is 0 Å². The van der Waals surface area contributed by atoms with E-state index >= 15 is 0 Å². The van der Waals surface area contributed by atoms with Crippen molar-refractivity contribution in [2.24, 2.45) is 0 Å². The molecule has 0 saturated carbocycles. The van der Waals surface area contributed by atoms with E-state index < -0.39 is 0 Å². The molecule has 0 spiro atoms. The van der Waals surface area contributed by atoms with Crippen LogP contribution >= 0.6 is 0 Å². The first-order valence-corrected chi connectivity index (χ1v) is 5.84. The molecule has 0 amide bonds. The molecule has 0 atom stereocenters. The van der Waals surface area contributed by atoms with Gasteiger partial charge >= 0.3 is 5.97 Å². The van der Waals surface area contributed by atoms with Crippen LogP contribution < -0.4 is 4.90 Å². The molecular weight excluding hydrogens is 214 g/mol. The fourth-order valence-corrected chi connectivity index (χ4v) is 1.49. The minimum absolute atomic E-state index is 0.304. The van der Waals surface area contributed by atoms with Crippen molar-refractivity contribution >= 4 is 17.7 Å². The molecule has 3 nitrogen and oxygen atoms in total. The van der Waals surface area contributed by atoms with Gasteiger partial charge in [0.05, 0.1) is 6.61 Å². The molecule has 0 aliphatic heterocycles. The Morgan fingerprint density at radius 2 is 2.06 bits per heavy atom. The van der Waals surface area contributed by atoms with Gasteiger partial charge in [-0.15, -0.1) is 0 Å². The first kappa shape index (κ1) is 13.3. The number of nitrogens with zero attached hydrogens (tertiary/aromatic N) is 1. The summed E-state index contributed by atoms with van der Waals surface area (Å²) in [6.45, 7) is 5.21. The number of carbonyl (C=O) groups is 1. The zero-order valence-corrected chi connectivity index (χ0v) is 10.6. The summed E-state index contributed by atoms with van der Waals surface area (Å²) in [7, 11) is 2.02. The topological polar surface area (TPSA) is 29.5 Å². The van der Waals surface area contributed by atoms with Gasteiger partial charge in [0.25, 0.3) is 0 Å². The highest BCUT2D eigenvalue weighted by Gasteiger charge is 2.03. The summed E-state index contributed by atoms with van der Waals surface area (Å²) in [5, 5.41) is 0. The molecule has 0 heterocycles. The maximum Gasteiger partial charge on any atom is 0.330 e. The van der Waals surface area contributed by atoms with Gasteiger partial charge in [-0.2, -0.15) is 0 Å². The molecule has 3 heteroatoms. The van der Waals surface area contributed by atoms with Crippen molar-refractivity contribution in [3.8, 4) is 0 Å². The minimum atomic E-state index is -0.304. The predicted molar refractivity (Wildman–Crippen MR) is 71.1 cm³/mol. The molecule has 1 rings (SSSR count). The Hall–Kier alpha value is -1.77. The Bertz CT molecular complexity index is 399. The highest BCUT2D eigenvalue weighted by Crippen LogP contribution is 2.20. The lowest BCUT2D eigenvalue weighted by molar-refractivity contribution is -0.137. The molecule has 1 aromatic rings. The smallest absolute Gasteiger partial charge is 0.330 e. The molecule has 0 aliphatic carbocycles. The van der Waals surface area contributed by atoms with Crippen LogP contribution in [0.5, 0.6) is 0 Å². The van der Waals surface area contributed by atoms with E-state index in [1.165, 1.54) is 6.08 Å². The summed E-state index contributed by atoms with van der Waals surface area (Å²) in [6, 6.07) is 7.96. The van der Waals surface area contributed by atoms with E-state index in [1.807, 2.05) is 31.3 Å². The van der Waals surface area contributed by atoms with Gasteiger partial charge in [-0.3, -0.25) is 0 Å². The first-order chi connectivity index (χ1) is 8.19. The Balaban J connectivity index is 2.87. The van der Waals surface area contributed by atoms with Crippen LogP contribution in [0, 0.1) is 0 Å². The molecule has 0 radical (unpaired) electrons. The molecular formula is C14H19NO2. The summed E-state index contributed by atoms with van der Waals surface area (Å²) in [5.41, 5.74) is 2.13. The number of hydrogen-bond acceptors (Lipinski definition) is 3. The summed E-state index contributed by atoms with van der Waals surface area (Å²) in [6.07, 6.45) is 3.26. The molecule has 0 aromatic heterocycles. The third-order valence-corrected chi connectivity index (χ3v) is 2.51. The Morgan fingerprint density at radius 3 is 2.71 bits per heavy atom. The van der Waals surface area contributed by atoms with Crippen LogP contribution in [0.15, 0.2) is 30.3 Å². The number of anilines is 1. The van der Waals surface area contributed by atoms with Crippen LogP contribution in [-0.2, 0) is 9.53 Å². The first-order valence-electron chi connectivity index (χ1n) is 5.84. The molecule has 0 unspecified atom stereocenters. The average molecular weight is 233 g/mol. The Morgan fingerprint density at radius 1 is 1.35 bits per heavy atom. The second-order valence-corrected chi connectivity index (χ2v) is 3.66. The summed E-state index contributed by atoms with van der Waals surface area (Å²) in [5.74, 6) is -0.304. The Labute approximate surface area is 103 Å². The van der Waals surface area contributed by atoms with Crippen LogP contribution in [0.1, 0.15) is 19.4 Å². The lowest BCUT2D eigenvalue weighted by atomic mass is 10.1. The SMILES string of the molecule is CCOC(=O)/C=C/c1ccccc1N(C)CC. The van der Waals surface area contributed by atoms with Crippen LogP contribution in [0.25, 0.3) is 6.08 Å². The molecule has 17 heavy (non-hydrogen) atoms. The van der Waals surface area contributed by atoms with Gasteiger partial charge in [-0.05, 0) is 31.6 Å². The van der Waals surface area contributed by atoms with E-state index in [9.17, 15) is 4.79 Å². The number of rotatable bonds is 5. The fraction of sp³-hybridized carbons (Fsp3) is 0.357. The normalized spacial score (nSPS) is 10.5. The van der Waals surface area contributed by atoms with Crippen molar-refractivity contribution in [3.05, 3.63) is 35.9 Å². The third kappa shape index (κ3) is 3.94. The molecule has 0 saturated heterocycles. The minimum Gasteiger partial charge on any atom is -0.463 e. The summed E-state index contributed by atoms with van der Waals surface area (Å²) >= 11 is 0. The monoisotopic (exact) mass is 233 g/mol. The van der Waals surface area contributed by atoms with Crippen molar-refractivity contribution in [1.82, 2.24) is 0 Å². The summed E-state index contributed by atoms with van der Waals surface area (Å²) < 4.78 is 4.85. The van der Waals surface area contributed by atoms with Gasteiger partial charge in [0, 0.05) is 25.4 Å². The fourth-order valence-electron chi connectivity index (χ4n) is 1.49. The van der Waals surface area contributed by atoms with E-state index in [-0.39, 0.29) is 5.97 Å². The number of hydrogen-bond donors (Lipinski definition) is 0. The van der Waals surface area contributed by atoms with Gasteiger partial charge in [-0.25, -0.2) is 4.79 Å². The zero-order chi connectivity index (χ0) is 12.7. The highest BCUT2D eigenvalue weighted by atomic mass is 16.5. The standard InChI is InChI=1S/C14H19NO2/c1-4-15(3)13-9-7-6-8-12(13)10-11-14(16)17-5-2/h6-11H,4-5H2,1-3H3/b11-10+. The Kier molecular flexibility index (Phi) is 5.27. The zero-order valence-electron chi connectivity index (χ0n) is 10.6. The largest absolute Gasteiger partial charge is 0.463 e. The van der Waals surface area contributed by atoms with E-state index in [0.29, 0.717) is 6.61 Å². The van der Waals surface area contributed by atoms with Gasteiger partial charge in [0.1, 0.15) is 0 Å². The van der Waals surface area contributed by atoms with Crippen LogP contribution in [0.2, 0.25) is 0 Å². The maximum absolute atomic E-state index is 11.2. The second kappa shape index (κ2) is 6.74. The molecule has 92 valence electrons. The van der Waals surface area contributed by atoms with Gasteiger partial charge in [0.2, 0.25) is 0 Å². The summed E-state index contributed by atoms with van der Waals surface area (Å²) in [4.78, 5) is 13.4. The second-order valence-electron chi connectivity index (χ2n) is 3.66. The number of para-hydroxylation sites is 1. The quantitative estimate of drug-likeness (QED) is 0.578. The van der Waals surface area contributed by atoms with Crippen LogP contribution in [-0.4, -0.2) is 26.2 Å². The number of esters is 1. The van der Waals surface area contributed by atoms with Crippen molar-refractivity contribution in [2.45, 2.75) is 13.8 Å². The third-order valence-electron chi connectivity index (χ3n) is 2.51. The van der Waals surface area contributed by atoms with E-state index in [4.69, 9.17) is 4.74 Å². The molecule has 0 bridgehead atoms. The van der Waals surface area contributed by atoms with Gasteiger partial charge in [0.15, 0.2) is 0 Å². The predicted octanol–water partition coefficient (Wildman–Crippen LogP) is 2.72. The lowest BCUT2D eigenvalue weighted by Gasteiger charge is -2.19. The van der Waals surface area contributed by atoms with Gasteiger partial charge < -0.3 is 9.64 Å². The van der Waals surface area contributed by atoms with Crippen molar-refractivity contribution < 1.29 is 9.53 Å². The molecule has 0 fully saturated rings. The highest BCUT2D eigenvalue weighted by molar-refractivity contribution is 5.88. The molecule has 0 N–H and O–H groups in total. The van der Waals surface area contributed by atoms with Crippen molar-refractivity contribution in [2.75, 3.05) is 25.1 Å². The molecule has 0 aliphatic rings.